The molecule has 1 unspecified atom stereocenters. The van der Waals surface area contributed by atoms with Crippen molar-refractivity contribution < 1.29 is 8.78 Å². The molecule has 112 valence electrons. The minimum atomic E-state index is -0.448. The van der Waals surface area contributed by atoms with Crippen molar-refractivity contribution >= 4 is 27.5 Å². The Balaban J connectivity index is 2.58. The van der Waals surface area contributed by atoms with E-state index in [0.717, 1.165) is 5.56 Å². The first-order valence-corrected chi connectivity index (χ1v) is 7.75. The van der Waals surface area contributed by atoms with Crippen LogP contribution in [0.15, 0.2) is 34.8 Å². The summed E-state index contributed by atoms with van der Waals surface area (Å²) in [5.74, 6) is -0.733. The number of hydrogen-bond acceptors (Lipinski definition) is 1. The van der Waals surface area contributed by atoms with Crippen molar-refractivity contribution in [3.63, 3.8) is 0 Å². The SMILES string of the molecule is CCNC(c1cc(F)ccc1C)c1cc(Cl)c(Br)cc1F. The highest BCUT2D eigenvalue weighted by Crippen LogP contribution is 2.33. The van der Waals surface area contributed by atoms with Gasteiger partial charge in [0, 0.05) is 10.0 Å². The summed E-state index contributed by atoms with van der Waals surface area (Å²) < 4.78 is 28.3. The van der Waals surface area contributed by atoms with Crippen LogP contribution < -0.4 is 5.32 Å². The topological polar surface area (TPSA) is 12.0 Å². The fourth-order valence-corrected chi connectivity index (χ4v) is 2.76. The average molecular weight is 375 g/mol. The summed E-state index contributed by atoms with van der Waals surface area (Å²) in [7, 11) is 0. The third-order valence-electron chi connectivity index (χ3n) is 3.31. The zero-order chi connectivity index (χ0) is 15.6. The lowest BCUT2D eigenvalue weighted by atomic mass is 9.94. The number of rotatable bonds is 4. The van der Waals surface area contributed by atoms with Crippen LogP contribution in [0.3, 0.4) is 0 Å². The molecular weight excluding hydrogens is 360 g/mol. The smallest absolute Gasteiger partial charge is 0.129 e. The number of benzene rings is 2. The highest BCUT2D eigenvalue weighted by atomic mass is 79.9. The number of hydrogen-bond donors (Lipinski definition) is 1. The second-order valence-electron chi connectivity index (χ2n) is 4.78. The summed E-state index contributed by atoms with van der Waals surface area (Å²) in [5, 5.41) is 3.61. The largest absolute Gasteiger partial charge is 0.306 e. The second-order valence-corrected chi connectivity index (χ2v) is 6.04. The fraction of sp³-hybridized carbons (Fsp3) is 0.250. The normalized spacial score (nSPS) is 12.5. The molecule has 2 rings (SSSR count). The predicted octanol–water partition coefficient (Wildman–Crippen LogP) is 5.39. The first-order chi connectivity index (χ1) is 9.93. The monoisotopic (exact) mass is 373 g/mol. The van der Waals surface area contributed by atoms with Gasteiger partial charge < -0.3 is 5.32 Å². The van der Waals surface area contributed by atoms with Gasteiger partial charge in [-0.15, -0.1) is 0 Å². The van der Waals surface area contributed by atoms with Gasteiger partial charge >= 0.3 is 0 Å². The molecule has 0 spiro atoms. The molecule has 1 atom stereocenters. The second kappa shape index (κ2) is 6.86. The molecule has 0 aliphatic rings. The molecule has 0 saturated heterocycles. The predicted molar refractivity (Wildman–Crippen MR) is 85.8 cm³/mol. The summed E-state index contributed by atoms with van der Waals surface area (Å²) in [4.78, 5) is 0. The van der Waals surface area contributed by atoms with Crippen molar-refractivity contribution in [3.05, 3.63) is 68.2 Å². The molecule has 0 bridgehead atoms. The van der Waals surface area contributed by atoms with E-state index < -0.39 is 6.04 Å². The Hall–Kier alpha value is -0.970. The van der Waals surface area contributed by atoms with Gasteiger partial charge in [0.05, 0.1) is 11.1 Å². The lowest BCUT2D eigenvalue weighted by Gasteiger charge is -2.22. The Labute approximate surface area is 136 Å². The lowest BCUT2D eigenvalue weighted by molar-refractivity contribution is 0.552. The maximum atomic E-state index is 14.3. The van der Waals surface area contributed by atoms with E-state index in [0.29, 0.717) is 27.2 Å². The Kier molecular flexibility index (Phi) is 5.36. The van der Waals surface area contributed by atoms with E-state index in [2.05, 4.69) is 21.2 Å². The van der Waals surface area contributed by atoms with Gasteiger partial charge in [0.2, 0.25) is 0 Å². The molecule has 0 aliphatic heterocycles. The zero-order valence-corrected chi connectivity index (χ0v) is 14.0. The number of aryl methyl sites for hydroxylation is 1. The van der Waals surface area contributed by atoms with Crippen LogP contribution in [0.5, 0.6) is 0 Å². The van der Waals surface area contributed by atoms with Crippen LogP contribution in [-0.4, -0.2) is 6.54 Å². The Morgan fingerprint density at radius 1 is 1.19 bits per heavy atom. The summed E-state index contributed by atoms with van der Waals surface area (Å²) in [6.45, 7) is 4.41. The molecule has 2 aromatic carbocycles. The van der Waals surface area contributed by atoms with Crippen molar-refractivity contribution in [3.8, 4) is 0 Å². The molecule has 5 heteroatoms. The average Bonchev–Trinajstić information content (AvgIpc) is 2.43. The van der Waals surface area contributed by atoms with Gasteiger partial charge in [-0.05, 0) is 64.8 Å². The first kappa shape index (κ1) is 16.4. The molecule has 0 aliphatic carbocycles. The maximum Gasteiger partial charge on any atom is 0.129 e. The van der Waals surface area contributed by atoms with Crippen molar-refractivity contribution in [1.29, 1.82) is 0 Å². The Morgan fingerprint density at radius 3 is 2.57 bits per heavy atom. The van der Waals surface area contributed by atoms with Gasteiger partial charge in [-0.1, -0.05) is 24.6 Å². The molecule has 21 heavy (non-hydrogen) atoms. The van der Waals surface area contributed by atoms with Gasteiger partial charge in [-0.2, -0.15) is 0 Å². The van der Waals surface area contributed by atoms with E-state index in [4.69, 9.17) is 11.6 Å². The van der Waals surface area contributed by atoms with Crippen LogP contribution in [0.1, 0.15) is 29.7 Å². The van der Waals surface area contributed by atoms with E-state index in [1.165, 1.54) is 18.2 Å². The Bertz CT molecular complexity index is 661. The first-order valence-electron chi connectivity index (χ1n) is 6.58. The molecule has 0 saturated carbocycles. The van der Waals surface area contributed by atoms with Gasteiger partial charge in [0.1, 0.15) is 11.6 Å². The van der Waals surface area contributed by atoms with Crippen LogP contribution >= 0.6 is 27.5 Å². The number of nitrogens with one attached hydrogen (secondary N) is 1. The standard InChI is InChI=1S/C16H15BrClF2N/c1-3-21-16(11-6-10(19)5-4-9(11)2)12-7-14(18)13(17)8-15(12)20/h4-8,16,21H,3H2,1-2H3. The minimum absolute atomic E-state index is 0.345. The highest BCUT2D eigenvalue weighted by molar-refractivity contribution is 9.10. The molecule has 0 fully saturated rings. The molecule has 0 radical (unpaired) electrons. The van der Waals surface area contributed by atoms with Gasteiger partial charge in [0.25, 0.3) is 0 Å². The van der Waals surface area contributed by atoms with Crippen molar-refractivity contribution in [2.45, 2.75) is 19.9 Å². The third kappa shape index (κ3) is 3.62. The summed E-state index contributed by atoms with van der Waals surface area (Å²) in [5.41, 5.74) is 1.99. The summed E-state index contributed by atoms with van der Waals surface area (Å²) in [6.07, 6.45) is 0. The number of halogens is 4. The molecule has 2 aromatic rings. The van der Waals surface area contributed by atoms with Crippen LogP contribution in [0.25, 0.3) is 0 Å². The summed E-state index contributed by atoms with van der Waals surface area (Å²) in [6, 6.07) is 6.96. The minimum Gasteiger partial charge on any atom is -0.306 e. The van der Waals surface area contributed by atoms with Crippen LogP contribution in [-0.2, 0) is 0 Å². The van der Waals surface area contributed by atoms with E-state index in [1.807, 2.05) is 13.8 Å². The quantitative estimate of drug-likeness (QED) is 0.708. The van der Waals surface area contributed by atoms with Gasteiger partial charge in [-0.25, -0.2) is 8.78 Å². The van der Waals surface area contributed by atoms with E-state index in [1.54, 1.807) is 12.1 Å². The lowest BCUT2D eigenvalue weighted by Crippen LogP contribution is -2.24. The van der Waals surface area contributed by atoms with E-state index >= 15 is 0 Å². The van der Waals surface area contributed by atoms with E-state index in [9.17, 15) is 8.78 Å². The summed E-state index contributed by atoms with van der Waals surface area (Å²) >= 11 is 9.27. The molecule has 1 N–H and O–H groups in total. The van der Waals surface area contributed by atoms with Crippen LogP contribution in [0.2, 0.25) is 5.02 Å². The van der Waals surface area contributed by atoms with Crippen molar-refractivity contribution in [1.82, 2.24) is 5.32 Å². The van der Waals surface area contributed by atoms with Crippen LogP contribution in [0.4, 0.5) is 8.78 Å². The molecular formula is C16H15BrClF2N. The van der Waals surface area contributed by atoms with Crippen molar-refractivity contribution in [2.24, 2.45) is 0 Å². The molecule has 0 heterocycles. The zero-order valence-electron chi connectivity index (χ0n) is 11.7. The van der Waals surface area contributed by atoms with Crippen LogP contribution in [0, 0.1) is 18.6 Å². The van der Waals surface area contributed by atoms with Gasteiger partial charge in [0.15, 0.2) is 0 Å². The molecule has 0 amide bonds. The molecule has 0 aromatic heterocycles. The molecule has 1 nitrogen and oxygen atoms in total. The third-order valence-corrected chi connectivity index (χ3v) is 4.51. The fourth-order valence-electron chi connectivity index (χ4n) is 2.27. The van der Waals surface area contributed by atoms with Crippen molar-refractivity contribution in [2.75, 3.05) is 6.54 Å². The van der Waals surface area contributed by atoms with Gasteiger partial charge in [-0.3, -0.25) is 0 Å². The van der Waals surface area contributed by atoms with E-state index in [-0.39, 0.29) is 11.6 Å². The Morgan fingerprint density at radius 2 is 1.90 bits per heavy atom. The maximum absolute atomic E-state index is 14.3. The highest BCUT2D eigenvalue weighted by Gasteiger charge is 2.20.